The number of anilines is 2. The van der Waals surface area contributed by atoms with Crippen LogP contribution in [0.3, 0.4) is 0 Å². The van der Waals surface area contributed by atoms with Crippen LogP contribution in [0.2, 0.25) is 5.02 Å². The second-order valence-corrected chi connectivity index (χ2v) is 12.7. The minimum Gasteiger partial charge on any atom is -0.506 e. The summed E-state index contributed by atoms with van der Waals surface area (Å²) in [4.78, 5) is 35.4. The summed E-state index contributed by atoms with van der Waals surface area (Å²) in [7, 11) is 0. The van der Waals surface area contributed by atoms with Gasteiger partial charge in [-0.15, -0.1) is 0 Å². The zero-order chi connectivity index (χ0) is 35.2. The molecule has 10 heteroatoms. The molecule has 0 fully saturated rings. The predicted molar refractivity (Wildman–Crippen MR) is 201 cm³/mol. The highest BCUT2D eigenvalue weighted by atomic mass is 35.5. The van der Waals surface area contributed by atoms with Crippen LogP contribution in [-0.4, -0.2) is 26.2 Å². The Balaban J connectivity index is 1.37. The maximum atomic E-state index is 13.7. The number of nitrogens with one attached hydrogen (secondary N) is 2. The van der Waals surface area contributed by atoms with Gasteiger partial charge in [0.1, 0.15) is 17.1 Å². The molecule has 0 unspecified atom stereocenters. The van der Waals surface area contributed by atoms with Gasteiger partial charge in [0.15, 0.2) is 5.43 Å². The molecule has 0 amide bonds. The van der Waals surface area contributed by atoms with Crippen LogP contribution in [0.25, 0.3) is 55.2 Å². The maximum Gasteiger partial charge on any atom is 0.336 e. The van der Waals surface area contributed by atoms with Gasteiger partial charge in [0, 0.05) is 52.8 Å². The van der Waals surface area contributed by atoms with Gasteiger partial charge in [0.05, 0.1) is 44.1 Å². The number of phenols is 1. The molecule has 0 saturated heterocycles. The lowest BCUT2D eigenvalue weighted by Gasteiger charge is -2.22. The summed E-state index contributed by atoms with van der Waals surface area (Å²) >= 11 is 6.72. The van der Waals surface area contributed by atoms with E-state index in [1.54, 1.807) is 42.7 Å². The van der Waals surface area contributed by atoms with Crippen LogP contribution in [0.1, 0.15) is 27.0 Å². The number of rotatable bonds is 8. The molecule has 1 aliphatic heterocycles. The van der Waals surface area contributed by atoms with Gasteiger partial charge in [-0.25, -0.2) is 4.79 Å². The number of pyridine rings is 2. The molecule has 3 heterocycles. The molecule has 0 saturated carbocycles. The number of carboxylic acids is 1. The second-order valence-electron chi connectivity index (χ2n) is 12.3. The Labute approximate surface area is 296 Å². The molecule has 250 valence electrons. The van der Waals surface area contributed by atoms with Crippen molar-refractivity contribution in [2.45, 2.75) is 20.0 Å². The number of nitrogens with zero attached hydrogens (tertiary/aromatic N) is 2. The van der Waals surface area contributed by atoms with E-state index in [2.05, 4.69) is 20.6 Å². The van der Waals surface area contributed by atoms with Crippen LogP contribution < -0.4 is 16.1 Å². The van der Waals surface area contributed by atoms with Gasteiger partial charge in [-0.1, -0.05) is 65.7 Å². The summed E-state index contributed by atoms with van der Waals surface area (Å²) in [5.41, 5.74) is 5.90. The summed E-state index contributed by atoms with van der Waals surface area (Å²) < 4.78 is 6.69. The number of fused-ring (bicyclic) bond motifs is 4. The van der Waals surface area contributed by atoms with Crippen LogP contribution in [-0.2, 0) is 13.1 Å². The summed E-state index contributed by atoms with van der Waals surface area (Å²) in [6, 6.07) is 28.9. The molecule has 6 aromatic rings. The van der Waals surface area contributed by atoms with Crippen LogP contribution >= 0.6 is 11.6 Å². The lowest BCUT2D eigenvalue weighted by molar-refractivity contribution is 0.0697. The topological polar surface area (TPSA) is 138 Å². The number of aryl methyl sites for hydroxylation is 1. The summed E-state index contributed by atoms with van der Waals surface area (Å²) in [5.74, 6) is -1.08. The van der Waals surface area contributed by atoms with Crippen molar-refractivity contribution < 1.29 is 19.4 Å². The minimum absolute atomic E-state index is 0.0569. The molecule has 0 bridgehead atoms. The normalized spacial score (nSPS) is 11.4. The maximum absolute atomic E-state index is 13.7. The van der Waals surface area contributed by atoms with E-state index in [0.29, 0.717) is 33.2 Å². The summed E-state index contributed by atoms with van der Waals surface area (Å²) in [5, 5.41) is 31.0. The van der Waals surface area contributed by atoms with Crippen LogP contribution in [0, 0.1) is 6.92 Å². The monoisotopic (exact) mass is 692 g/mol. The highest BCUT2D eigenvalue weighted by molar-refractivity contribution is 6.33. The number of hydrogen-bond acceptors (Lipinski definition) is 8. The fraction of sp³-hybridized carbons (Fsp3) is 0.0732. The molecule has 4 aromatic carbocycles. The number of phenolic OH excluding ortho intramolecular Hbond substituents is 1. The van der Waals surface area contributed by atoms with Gasteiger partial charge >= 0.3 is 5.97 Å². The minimum atomic E-state index is -1.12. The second kappa shape index (κ2) is 12.8. The average Bonchev–Trinajstić information content (AvgIpc) is 3.14. The van der Waals surface area contributed by atoms with Gasteiger partial charge in [-0.3, -0.25) is 14.8 Å². The Morgan fingerprint density at radius 2 is 1.41 bits per heavy atom. The zero-order valence-corrected chi connectivity index (χ0v) is 28.0. The van der Waals surface area contributed by atoms with E-state index in [-0.39, 0.29) is 46.2 Å². The first-order valence-corrected chi connectivity index (χ1v) is 16.6. The highest BCUT2D eigenvalue weighted by Gasteiger charge is 2.28. The van der Waals surface area contributed by atoms with E-state index in [1.165, 1.54) is 6.07 Å². The third-order valence-corrected chi connectivity index (χ3v) is 9.40. The van der Waals surface area contributed by atoms with Crippen molar-refractivity contribution in [3.05, 3.63) is 147 Å². The fourth-order valence-corrected chi connectivity index (χ4v) is 6.90. The van der Waals surface area contributed by atoms with Crippen LogP contribution in [0.4, 0.5) is 11.4 Å². The molecule has 8 rings (SSSR count). The van der Waals surface area contributed by atoms with Crippen molar-refractivity contribution in [2.24, 2.45) is 0 Å². The van der Waals surface area contributed by atoms with Crippen LogP contribution in [0.5, 0.6) is 5.75 Å². The molecule has 2 aliphatic rings. The predicted octanol–water partition coefficient (Wildman–Crippen LogP) is 9.25. The first-order chi connectivity index (χ1) is 24.8. The standard InChI is InChI=1S/C41H29ClN4O5/c1-22-12-13-25(41(49)50)27(18-22)35-26-14-15-34(47)29(20-45-32-10-2-6-23-8-4-16-43-36(23)32)39(26)51-40-28(35)19-31(42)38(48)30(40)21-46-33-11-3-7-24-9-5-17-44-37(24)33/h2-19,45-46,48H,20-21H2,1H3,(H,49,50). The van der Waals surface area contributed by atoms with Crippen molar-refractivity contribution in [1.82, 2.24) is 9.97 Å². The van der Waals surface area contributed by atoms with E-state index >= 15 is 0 Å². The van der Waals surface area contributed by atoms with Crippen molar-refractivity contribution >= 4 is 61.7 Å². The molecule has 4 N–H and O–H groups in total. The smallest absolute Gasteiger partial charge is 0.336 e. The number of halogens is 1. The molecular formula is C41H29ClN4O5. The number of aromatic carboxylic acids is 1. The van der Waals surface area contributed by atoms with E-state index < -0.39 is 5.97 Å². The number of carbonyl (C=O) groups is 1. The lowest BCUT2D eigenvalue weighted by atomic mass is 9.87. The average molecular weight is 693 g/mol. The Morgan fingerprint density at radius 3 is 2.06 bits per heavy atom. The Hall–Kier alpha value is -6.45. The number of carboxylic acid groups (broad SMARTS) is 1. The van der Waals surface area contributed by atoms with E-state index in [1.807, 2.05) is 67.6 Å². The third-order valence-electron chi connectivity index (χ3n) is 9.11. The van der Waals surface area contributed by atoms with Gasteiger partial charge in [-0.2, -0.15) is 0 Å². The number of para-hydroxylation sites is 2. The molecular weight excluding hydrogens is 664 g/mol. The molecule has 1 aliphatic carbocycles. The highest BCUT2D eigenvalue weighted by Crippen LogP contribution is 2.47. The van der Waals surface area contributed by atoms with Crippen molar-refractivity contribution in [3.8, 4) is 28.2 Å². The fourth-order valence-electron chi connectivity index (χ4n) is 6.68. The summed E-state index contributed by atoms with van der Waals surface area (Å²) in [6.07, 6.45) is 3.42. The molecule has 0 atom stereocenters. The molecule has 0 radical (unpaired) electrons. The van der Waals surface area contributed by atoms with Crippen LogP contribution in [0.15, 0.2) is 119 Å². The number of hydrogen-bond donors (Lipinski definition) is 4. The van der Waals surface area contributed by atoms with Gasteiger partial charge < -0.3 is 25.3 Å². The SMILES string of the molecule is Cc1ccc(C(=O)O)c(-c2c3ccc(=O)c(CNc4cccc5cccnc45)c-3oc3c(CNc4cccc5cccnc45)c(O)c(Cl)cc23)c1. The molecule has 0 spiro atoms. The van der Waals surface area contributed by atoms with Gasteiger partial charge in [0.2, 0.25) is 0 Å². The van der Waals surface area contributed by atoms with E-state index in [4.69, 9.17) is 16.0 Å². The third kappa shape index (κ3) is 5.63. The summed E-state index contributed by atoms with van der Waals surface area (Å²) in [6.45, 7) is 2.02. The first kappa shape index (κ1) is 31.8. The largest absolute Gasteiger partial charge is 0.506 e. The quantitative estimate of drug-likeness (QED) is 0.115. The number of benzene rings is 5. The van der Waals surface area contributed by atoms with Gasteiger partial charge in [-0.05, 0) is 61.0 Å². The first-order valence-electron chi connectivity index (χ1n) is 16.2. The Bertz CT molecular complexity index is 2700. The number of aromatic hydroxyl groups is 1. The van der Waals surface area contributed by atoms with Crippen molar-refractivity contribution in [1.29, 1.82) is 0 Å². The lowest BCUT2D eigenvalue weighted by Crippen LogP contribution is -2.15. The Kier molecular flexibility index (Phi) is 7.97. The molecule has 51 heavy (non-hydrogen) atoms. The van der Waals surface area contributed by atoms with Gasteiger partial charge in [0.25, 0.3) is 0 Å². The zero-order valence-electron chi connectivity index (χ0n) is 27.2. The van der Waals surface area contributed by atoms with Crippen molar-refractivity contribution in [3.63, 3.8) is 0 Å². The molecule has 2 aromatic heterocycles. The van der Waals surface area contributed by atoms with E-state index in [9.17, 15) is 19.8 Å². The van der Waals surface area contributed by atoms with Crippen molar-refractivity contribution in [2.75, 3.05) is 10.6 Å². The van der Waals surface area contributed by atoms with E-state index in [0.717, 1.165) is 38.7 Å². The Morgan fingerprint density at radius 1 is 0.784 bits per heavy atom. The number of aromatic nitrogens is 2. The molecule has 9 nitrogen and oxygen atoms in total.